The maximum absolute atomic E-state index is 11.3. The fourth-order valence-corrected chi connectivity index (χ4v) is 1.32. The van der Waals surface area contributed by atoms with E-state index in [-0.39, 0.29) is 5.56 Å². The van der Waals surface area contributed by atoms with E-state index in [2.05, 4.69) is 15.3 Å². The Balaban J connectivity index is 2.24. The van der Waals surface area contributed by atoms with Crippen molar-refractivity contribution in [2.75, 3.05) is 25.0 Å². The molecule has 1 aliphatic rings. The van der Waals surface area contributed by atoms with Gasteiger partial charge in [-0.05, 0) is 0 Å². The van der Waals surface area contributed by atoms with Gasteiger partial charge in [0.25, 0.3) is 5.56 Å². The highest BCUT2D eigenvalue weighted by atomic mass is 16.1. The molecule has 0 aromatic carbocycles. The highest BCUT2D eigenvalue weighted by Crippen LogP contribution is 2.07. The number of nitrogens with zero attached hydrogens (tertiary/aromatic N) is 2. The van der Waals surface area contributed by atoms with Crippen LogP contribution in [0.15, 0.2) is 17.2 Å². The maximum Gasteiger partial charge on any atom is 0.290 e. The topological polar surface area (TPSA) is 61.0 Å². The van der Waals surface area contributed by atoms with E-state index in [0.717, 1.165) is 13.1 Å². The first-order chi connectivity index (χ1) is 6.29. The van der Waals surface area contributed by atoms with E-state index in [1.807, 2.05) is 11.9 Å². The molecule has 2 N–H and O–H groups in total. The summed E-state index contributed by atoms with van der Waals surface area (Å²) in [6.45, 7) is 1.85. The summed E-state index contributed by atoms with van der Waals surface area (Å²) in [5.41, 5.74) is -0.128. The molecule has 0 unspecified atom stereocenters. The second kappa shape index (κ2) is 3.18. The molecule has 0 saturated carbocycles. The monoisotopic (exact) mass is 180 g/mol. The molecular formula is C8H12N4O. The summed E-state index contributed by atoms with van der Waals surface area (Å²) < 4.78 is 0. The highest BCUT2D eigenvalue weighted by molar-refractivity contribution is 5.36. The summed E-state index contributed by atoms with van der Waals surface area (Å²) in [5.74, 6) is 0.494. The van der Waals surface area contributed by atoms with Crippen LogP contribution in [0.25, 0.3) is 0 Å². The molecular weight excluding hydrogens is 168 g/mol. The summed E-state index contributed by atoms with van der Waals surface area (Å²) >= 11 is 0. The van der Waals surface area contributed by atoms with E-state index in [1.165, 1.54) is 0 Å². The molecule has 5 nitrogen and oxygen atoms in total. The first-order valence-electron chi connectivity index (χ1n) is 4.26. The molecule has 0 spiro atoms. The average Bonchev–Trinajstić information content (AvgIpc) is 2.01. The fourth-order valence-electron chi connectivity index (χ4n) is 1.32. The summed E-state index contributed by atoms with van der Waals surface area (Å²) in [6, 6.07) is 0.399. The third kappa shape index (κ3) is 1.42. The van der Waals surface area contributed by atoms with Crippen LogP contribution in [-0.2, 0) is 0 Å². The Morgan fingerprint density at radius 2 is 2.38 bits per heavy atom. The summed E-state index contributed by atoms with van der Waals surface area (Å²) in [5, 5.41) is 3.15. The summed E-state index contributed by atoms with van der Waals surface area (Å²) in [4.78, 5) is 19.9. The molecule has 1 aromatic heterocycles. The van der Waals surface area contributed by atoms with Crippen molar-refractivity contribution in [3.63, 3.8) is 0 Å². The average molecular weight is 180 g/mol. The van der Waals surface area contributed by atoms with Crippen LogP contribution in [0.2, 0.25) is 0 Å². The molecule has 2 rings (SSSR count). The van der Waals surface area contributed by atoms with Gasteiger partial charge in [-0.15, -0.1) is 0 Å². The van der Waals surface area contributed by atoms with Gasteiger partial charge < -0.3 is 15.2 Å². The number of aromatic nitrogens is 2. The molecule has 70 valence electrons. The third-order valence-electron chi connectivity index (χ3n) is 2.33. The van der Waals surface area contributed by atoms with Gasteiger partial charge in [0.2, 0.25) is 0 Å². The van der Waals surface area contributed by atoms with Crippen LogP contribution in [0.1, 0.15) is 0 Å². The molecule has 1 fully saturated rings. The van der Waals surface area contributed by atoms with Gasteiger partial charge in [-0.1, -0.05) is 0 Å². The van der Waals surface area contributed by atoms with Gasteiger partial charge in [0.1, 0.15) is 0 Å². The number of likely N-dealkylation sites (N-methyl/N-ethyl adjacent to an activating group) is 1. The molecule has 1 aliphatic heterocycles. The molecule has 1 saturated heterocycles. The normalized spacial score (nSPS) is 16.7. The molecule has 5 heteroatoms. The van der Waals surface area contributed by atoms with E-state index in [9.17, 15) is 4.79 Å². The van der Waals surface area contributed by atoms with Crippen molar-refractivity contribution in [1.82, 2.24) is 15.3 Å². The third-order valence-corrected chi connectivity index (χ3v) is 2.33. The number of H-pyrrole nitrogens is 1. The van der Waals surface area contributed by atoms with Crippen LogP contribution in [0.4, 0.5) is 5.82 Å². The van der Waals surface area contributed by atoms with E-state index in [1.54, 1.807) is 12.4 Å². The van der Waals surface area contributed by atoms with Crippen LogP contribution in [0.5, 0.6) is 0 Å². The van der Waals surface area contributed by atoms with Crippen LogP contribution < -0.4 is 15.8 Å². The zero-order valence-electron chi connectivity index (χ0n) is 7.45. The largest absolute Gasteiger partial charge is 0.350 e. The zero-order chi connectivity index (χ0) is 9.26. The van der Waals surface area contributed by atoms with E-state index < -0.39 is 0 Å². The Morgan fingerprint density at radius 3 is 2.92 bits per heavy atom. The lowest BCUT2D eigenvalue weighted by atomic mass is 10.1. The number of hydrogen-bond acceptors (Lipinski definition) is 4. The summed E-state index contributed by atoms with van der Waals surface area (Å²) in [6.07, 6.45) is 3.14. The quantitative estimate of drug-likeness (QED) is 0.624. The highest BCUT2D eigenvalue weighted by Gasteiger charge is 2.23. The minimum Gasteiger partial charge on any atom is -0.350 e. The zero-order valence-corrected chi connectivity index (χ0v) is 7.45. The van der Waals surface area contributed by atoms with E-state index in [4.69, 9.17) is 0 Å². The minimum absolute atomic E-state index is 0.128. The number of anilines is 1. The van der Waals surface area contributed by atoms with Crippen molar-refractivity contribution >= 4 is 5.82 Å². The standard InChI is InChI=1S/C8H12N4O/c1-12(6-4-9-5-6)7-8(13)11-3-2-10-7/h2-3,6,9H,4-5H2,1H3,(H,11,13). The SMILES string of the molecule is CN(c1ncc[nH]c1=O)C1CNC1. The van der Waals surface area contributed by atoms with Gasteiger partial charge in [-0.3, -0.25) is 4.79 Å². The number of rotatable bonds is 2. The van der Waals surface area contributed by atoms with Gasteiger partial charge in [0, 0.05) is 32.5 Å². The van der Waals surface area contributed by atoms with Crippen molar-refractivity contribution in [2.24, 2.45) is 0 Å². The molecule has 0 bridgehead atoms. The fraction of sp³-hybridized carbons (Fsp3) is 0.500. The predicted molar refractivity (Wildman–Crippen MR) is 49.9 cm³/mol. The Bertz CT molecular complexity index is 344. The first kappa shape index (κ1) is 8.25. The van der Waals surface area contributed by atoms with Crippen molar-refractivity contribution in [1.29, 1.82) is 0 Å². The smallest absolute Gasteiger partial charge is 0.290 e. The minimum atomic E-state index is -0.128. The molecule has 2 heterocycles. The Labute approximate surface area is 75.8 Å². The van der Waals surface area contributed by atoms with E-state index >= 15 is 0 Å². The molecule has 0 radical (unpaired) electrons. The lowest BCUT2D eigenvalue weighted by molar-refractivity contribution is 0.426. The first-order valence-corrected chi connectivity index (χ1v) is 4.26. The lowest BCUT2D eigenvalue weighted by Gasteiger charge is -2.35. The van der Waals surface area contributed by atoms with E-state index in [0.29, 0.717) is 11.9 Å². The predicted octanol–water partition coefficient (Wildman–Crippen LogP) is -0.822. The van der Waals surface area contributed by atoms with Crippen molar-refractivity contribution in [2.45, 2.75) is 6.04 Å². The van der Waals surface area contributed by atoms with Gasteiger partial charge >= 0.3 is 0 Å². The van der Waals surface area contributed by atoms with Crippen LogP contribution in [0.3, 0.4) is 0 Å². The van der Waals surface area contributed by atoms with Crippen LogP contribution >= 0.6 is 0 Å². The lowest BCUT2D eigenvalue weighted by Crippen LogP contribution is -2.57. The molecule has 0 amide bonds. The molecule has 13 heavy (non-hydrogen) atoms. The summed E-state index contributed by atoms with van der Waals surface area (Å²) in [7, 11) is 1.89. The van der Waals surface area contributed by atoms with Gasteiger partial charge in [0.15, 0.2) is 5.82 Å². The Hall–Kier alpha value is -1.36. The Kier molecular flexibility index (Phi) is 2.02. The van der Waals surface area contributed by atoms with Crippen LogP contribution in [0, 0.1) is 0 Å². The molecule has 0 aliphatic carbocycles. The van der Waals surface area contributed by atoms with Gasteiger partial charge in [-0.2, -0.15) is 0 Å². The van der Waals surface area contributed by atoms with Gasteiger partial charge in [-0.25, -0.2) is 4.98 Å². The van der Waals surface area contributed by atoms with Crippen molar-refractivity contribution in [3.05, 3.63) is 22.7 Å². The number of aromatic amines is 1. The number of nitrogens with one attached hydrogen (secondary N) is 2. The Morgan fingerprint density at radius 1 is 1.62 bits per heavy atom. The molecule has 1 aromatic rings. The number of hydrogen-bond donors (Lipinski definition) is 2. The second-order valence-electron chi connectivity index (χ2n) is 3.16. The van der Waals surface area contributed by atoms with Crippen molar-refractivity contribution in [3.8, 4) is 0 Å². The maximum atomic E-state index is 11.3. The van der Waals surface area contributed by atoms with Crippen molar-refractivity contribution < 1.29 is 0 Å². The van der Waals surface area contributed by atoms with Gasteiger partial charge in [0.05, 0.1) is 6.04 Å². The van der Waals surface area contributed by atoms with Crippen LogP contribution in [-0.4, -0.2) is 36.1 Å². The molecule has 0 atom stereocenters. The second-order valence-corrected chi connectivity index (χ2v) is 3.16.